The maximum atomic E-state index is 13.4. The second-order valence-electron chi connectivity index (χ2n) is 8.60. The SMILES string of the molecule is CCC(C)NC(=O)C(CC)N(Cc1cccc(OC)c1)C(=O)CSCc1cc(C)cc(C)c1. The van der Waals surface area contributed by atoms with E-state index in [4.69, 9.17) is 4.74 Å². The van der Waals surface area contributed by atoms with Crippen LogP contribution in [0.3, 0.4) is 0 Å². The van der Waals surface area contributed by atoms with Gasteiger partial charge >= 0.3 is 0 Å². The van der Waals surface area contributed by atoms with E-state index in [9.17, 15) is 9.59 Å². The Labute approximate surface area is 203 Å². The van der Waals surface area contributed by atoms with Crippen LogP contribution in [0.5, 0.6) is 5.75 Å². The van der Waals surface area contributed by atoms with Crippen LogP contribution in [0.2, 0.25) is 0 Å². The summed E-state index contributed by atoms with van der Waals surface area (Å²) in [5.41, 5.74) is 4.61. The summed E-state index contributed by atoms with van der Waals surface area (Å²) in [5.74, 6) is 1.70. The number of hydrogen-bond donors (Lipinski definition) is 1. The Morgan fingerprint density at radius 3 is 2.33 bits per heavy atom. The molecule has 0 bridgehead atoms. The van der Waals surface area contributed by atoms with Crippen LogP contribution < -0.4 is 10.1 Å². The third-order valence-electron chi connectivity index (χ3n) is 5.65. The van der Waals surface area contributed by atoms with Gasteiger partial charge in [0.25, 0.3) is 0 Å². The summed E-state index contributed by atoms with van der Waals surface area (Å²) in [4.78, 5) is 28.1. The molecule has 0 saturated heterocycles. The van der Waals surface area contributed by atoms with Gasteiger partial charge in [0.2, 0.25) is 11.8 Å². The van der Waals surface area contributed by atoms with Gasteiger partial charge < -0.3 is 15.0 Å². The lowest BCUT2D eigenvalue weighted by Crippen LogP contribution is -2.51. The molecule has 0 aromatic heterocycles. The fourth-order valence-electron chi connectivity index (χ4n) is 3.82. The summed E-state index contributed by atoms with van der Waals surface area (Å²) >= 11 is 1.59. The minimum absolute atomic E-state index is 0.0293. The molecule has 1 N–H and O–H groups in total. The predicted octanol–water partition coefficient (Wildman–Crippen LogP) is 5.27. The number of ether oxygens (including phenoxy) is 1. The summed E-state index contributed by atoms with van der Waals surface area (Å²) in [6.45, 7) is 10.5. The van der Waals surface area contributed by atoms with Crippen molar-refractivity contribution in [3.8, 4) is 5.75 Å². The normalized spacial score (nSPS) is 12.7. The summed E-state index contributed by atoms with van der Waals surface area (Å²) in [6.07, 6.45) is 1.40. The molecule has 2 rings (SSSR count). The first-order valence-corrected chi connectivity index (χ1v) is 12.8. The molecule has 6 heteroatoms. The van der Waals surface area contributed by atoms with E-state index in [0.29, 0.717) is 18.7 Å². The Morgan fingerprint density at radius 1 is 1.03 bits per heavy atom. The molecule has 2 atom stereocenters. The lowest BCUT2D eigenvalue weighted by Gasteiger charge is -2.31. The zero-order valence-electron chi connectivity index (χ0n) is 20.8. The largest absolute Gasteiger partial charge is 0.497 e. The molecular formula is C27H38N2O3S. The molecule has 0 aliphatic heterocycles. The maximum Gasteiger partial charge on any atom is 0.243 e. The number of aryl methyl sites for hydroxylation is 2. The summed E-state index contributed by atoms with van der Waals surface area (Å²) in [5, 5.41) is 3.05. The fourth-order valence-corrected chi connectivity index (χ4v) is 4.66. The molecule has 0 radical (unpaired) electrons. The second kappa shape index (κ2) is 13.3. The van der Waals surface area contributed by atoms with Gasteiger partial charge in [-0.2, -0.15) is 0 Å². The summed E-state index contributed by atoms with van der Waals surface area (Å²) in [6, 6.07) is 13.7. The Balaban J connectivity index is 2.18. The van der Waals surface area contributed by atoms with E-state index in [2.05, 4.69) is 37.4 Å². The third kappa shape index (κ3) is 8.43. The molecule has 0 aliphatic rings. The summed E-state index contributed by atoms with van der Waals surface area (Å²) < 4.78 is 5.34. The average molecular weight is 471 g/mol. The van der Waals surface area contributed by atoms with Gasteiger partial charge in [-0.05, 0) is 56.9 Å². The molecule has 5 nitrogen and oxygen atoms in total. The van der Waals surface area contributed by atoms with Crippen molar-refractivity contribution in [1.82, 2.24) is 10.2 Å². The quantitative estimate of drug-likeness (QED) is 0.459. The first-order valence-electron chi connectivity index (χ1n) is 11.6. The van der Waals surface area contributed by atoms with Gasteiger partial charge in [-0.1, -0.05) is 55.3 Å². The van der Waals surface area contributed by atoms with Crippen molar-refractivity contribution in [3.63, 3.8) is 0 Å². The Morgan fingerprint density at radius 2 is 1.73 bits per heavy atom. The molecule has 2 aromatic carbocycles. The topological polar surface area (TPSA) is 58.6 Å². The van der Waals surface area contributed by atoms with Crippen molar-refractivity contribution in [2.75, 3.05) is 12.9 Å². The molecule has 0 fully saturated rings. The van der Waals surface area contributed by atoms with Crippen molar-refractivity contribution in [2.45, 2.75) is 71.8 Å². The number of carbonyl (C=O) groups excluding carboxylic acids is 2. The van der Waals surface area contributed by atoms with Crippen LogP contribution in [-0.4, -0.2) is 41.7 Å². The molecular weight excluding hydrogens is 432 g/mol. The van der Waals surface area contributed by atoms with Crippen molar-refractivity contribution >= 4 is 23.6 Å². The second-order valence-corrected chi connectivity index (χ2v) is 9.59. The molecule has 180 valence electrons. The number of nitrogens with zero attached hydrogens (tertiary/aromatic N) is 1. The number of amides is 2. The molecule has 33 heavy (non-hydrogen) atoms. The number of methoxy groups -OCH3 is 1. The van der Waals surface area contributed by atoms with Crippen LogP contribution in [0, 0.1) is 13.8 Å². The van der Waals surface area contributed by atoms with Crippen LogP contribution in [0.1, 0.15) is 55.9 Å². The van der Waals surface area contributed by atoms with Crippen LogP contribution in [-0.2, 0) is 21.9 Å². The highest BCUT2D eigenvalue weighted by Gasteiger charge is 2.29. The van der Waals surface area contributed by atoms with Gasteiger partial charge in [0.05, 0.1) is 12.9 Å². The van der Waals surface area contributed by atoms with E-state index in [1.807, 2.05) is 45.0 Å². The van der Waals surface area contributed by atoms with Gasteiger partial charge in [0, 0.05) is 18.3 Å². The minimum atomic E-state index is -0.514. The standard InChI is InChI=1S/C27H38N2O3S/c1-7-21(5)28-27(31)25(8-2)29(16-22-10-9-11-24(15-22)32-6)26(30)18-33-17-23-13-19(3)12-20(4)14-23/h9-15,21,25H,7-8,16-18H2,1-6H3,(H,28,31). The first-order chi connectivity index (χ1) is 15.8. The van der Waals surface area contributed by atoms with E-state index in [-0.39, 0.29) is 17.9 Å². The molecule has 0 saturated carbocycles. The molecule has 2 amide bonds. The summed E-state index contributed by atoms with van der Waals surface area (Å²) in [7, 11) is 1.63. The van der Waals surface area contributed by atoms with Crippen LogP contribution in [0.25, 0.3) is 0 Å². The average Bonchev–Trinajstić information content (AvgIpc) is 2.78. The van der Waals surface area contributed by atoms with Crippen LogP contribution >= 0.6 is 11.8 Å². The molecule has 0 heterocycles. The van der Waals surface area contributed by atoms with E-state index >= 15 is 0 Å². The smallest absolute Gasteiger partial charge is 0.243 e. The Bertz CT molecular complexity index is 911. The number of benzene rings is 2. The number of hydrogen-bond acceptors (Lipinski definition) is 4. The van der Waals surface area contributed by atoms with Crippen molar-refractivity contribution < 1.29 is 14.3 Å². The maximum absolute atomic E-state index is 13.4. The lowest BCUT2D eigenvalue weighted by atomic mass is 10.1. The highest BCUT2D eigenvalue weighted by molar-refractivity contribution is 7.99. The number of rotatable bonds is 12. The first kappa shape index (κ1) is 26.8. The third-order valence-corrected chi connectivity index (χ3v) is 6.64. The minimum Gasteiger partial charge on any atom is -0.497 e. The van der Waals surface area contributed by atoms with Crippen LogP contribution in [0.15, 0.2) is 42.5 Å². The Hall–Kier alpha value is -2.47. The van der Waals surface area contributed by atoms with Crippen molar-refractivity contribution in [2.24, 2.45) is 0 Å². The van der Waals surface area contributed by atoms with E-state index in [1.54, 1.807) is 23.8 Å². The van der Waals surface area contributed by atoms with Gasteiger partial charge in [0.1, 0.15) is 11.8 Å². The zero-order chi connectivity index (χ0) is 24.4. The number of carbonyl (C=O) groups is 2. The molecule has 0 aliphatic carbocycles. The van der Waals surface area contributed by atoms with Crippen LogP contribution in [0.4, 0.5) is 0 Å². The molecule has 2 aromatic rings. The van der Waals surface area contributed by atoms with E-state index in [1.165, 1.54) is 16.7 Å². The number of thioether (sulfide) groups is 1. The van der Waals surface area contributed by atoms with E-state index < -0.39 is 6.04 Å². The highest BCUT2D eigenvalue weighted by atomic mass is 32.2. The lowest BCUT2D eigenvalue weighted by molar-refractivity contribution is -0.139. The van der Waals surface area contributed by atoms with Gasteiger partial charge in [-0.25, -0.2) is 0 Å². The van der Waals surface area contributed by atoms with Gasteiger partial charge in [-0.3, -0.25) is 9.59 Å². The fraction of sp³-hybridized carbons (Fsp3) is 0.481. The molecule has 2 unspecified atom stereocenters. The van der Waals surface area contributed by atoms with Gasteiger partial charge in [-0.15, -0.1) is 11.8 Å². The van der Waals surface area contributed by atoms with Crippen molar-refractivity contribution in [3.05, 3.63) is 64.7 Å². The van der Waals surface area contributed by atoms with Gasteiger partial charge in [0.15, 0.2) is 0 Å². The van der Waals surface area contributed by atoms with Crippen molar-refractivity contribution in [1.29, 1.82) is 0 Å². The number of nitrogens with one attached hydrogen (secondary N) is 1. The van der Waals surface area contributed by atoms with E-state index in [0.717, 1.165) is 23.5 Å². The monoisotopic (exact) mass is 470 g/mol. The highest BCUT2D eigenvalue weighted by Crippen LogP contribution is 2.20. The Kier molecular flexibility index (Phi) is 10.8. The predicted molar refractivity (Wildman–Crippen MR) is 138 cm³/mol. The molecule has 0 spiro atoms. The zero-order valence-corrected chi connectivity index (χ0v) is 21.6.